The monoisotopic (exact) mass is 449 g/mol. The predicted octanol–water partition coefficient (Wildman–Crippen LogP) is 4.16. The fourth-order valence-electron chi connectivity index (χ4n) is 4.21. The second-order valence-corrected chi connectivity index (χ2v) is 9.83. The standard InChI is InChI=1S/C25H27N3O3S/c1-28(24(19-10-3-2-4-11-19)23-16-7-8-17-26-23)25(29)20-12-9-15-22(18-20)32(30,31)27-21-13-5-6-14-21/h2-4,7-12,15-18,21,24,27H,5-6,13-14H2,1H3. The van der Waals surface area contributed by atoms with Crippen LogP contribution in [0.5, 0.6) is 0 Å². The summed E-state index contributed by atoms with van der Waals surface area (Å²) in [7, 11) is -1.97. The average Bonchev–Trinajstić information content (AvgIpc) is 3.32. The lowest BCUT2D eigenvalue weighted by Crippen LogP contribution is -2.34. The van der Waals surface area contributed by atoms with E-state index in [4.69, 9.17) is 0 Å². The molecule has 1 aliphatic rings. The number of pyridine rings is 1. The molecule has 1 aromatic heterocycles. The molecule has 3 aromatic rings. The first-order chi connectivity index (χ1) is 15.5. The summed E-state index contributed by atoms with van der Waals surface area (Å²) >= 11 is 0. The first-order valence-electron chi connectivity index (χ1n) is 10.8. The molecule has 0 spiro atoms. The Morgan fingerprint density at radius 2 is 1.72 bits per heavy atom. The molecule has 0 bridgehead atoms. The molecule has 0 saturated heterocycles. The Bertz CT molecular complexity index is 1120. The van der Waals surface area contributed by atoms with E-state index in [1.165, 1.54) is 12.1 Å². The highest BCUT2D eigenvalue weighted by atomic mass is 32.2. The van der Waals surface area contributed by atoms with Crippen LogP contribution in [-0.4, -0.2) is 37.3 Å². The van der Waals surface area contributed by atoms with Crippen molar-refractivity contribution < 1.29 is 13.2 Å². The van der Waals surface area contributed by atoms with E-state index in [1.54, 1.807) is 30.3 Å². The van der Waals surface area contributed by atoms with Crippen molar-refractivity contribution in [3.05, 3.63) is 95.8 Å². The van der Waals surface area contributed by atoms with Crippen LogP contribution < -0.4 is 4.72 Å². The van der Waals surface area contributed by atoms with Crippen LogP contribution in [0.1, 0.15) is 53.3 Å². The van der Waals surface area contributed by atoms with Crippen molar-refractivity contribution in [2.75, 3.05) is 7.05 Å². The van der Waals surface area contributed by atoms with E-state index in [-0.39, 0.29) is 16.8 Å². The van der Waals surface area contributed by atoms with Gasteiger partial charge >= 0.3 is 0 Å². The van der Waals surface area contributed by atoms with E-state index >= 15 is 0 Å². The molecule has 1 atom stereocenters. The van der Waals surface area contributed by atoms with E-state index in [1.807, 2.05) is 48.5 Å². The highest BCUT2D eigenvalue weighted by molar-refractivity contribution is 7.89. The first-order valence-corrected chi connectivity index (χ1v) is 12.3. The summed E-state index contributed by atoms with van der Waals surface area (Å²) in [6, 6.07) is 21.1. The van der Waals surface area contributed by atoms with Crippen molar-refractivity contribution in [3.8, 4) is 0 Å². The lowest BCUT2D eigenvalue weighted by atomic mass is 10.0. The molecule has 1 amide bonds. The number of carbonyl (C=O) groups is 1. The van der Waals surface area contributed by atoms with Crippen molar-refractivity contribution in [3.63, 3.8) is 0 Å². The zero-order valence-corrected chi connectivity index (χ0v) is 18.8. The number of hydrogen-bond acceptors (Lipinski definition) is 4. The largest absolute Gasteiger partial charge is 0.329 e. The number of sulfonamides is 1. The molecule has 1 saturated carbocycles. The van der Waals surface area contributed by atoms with Crippen LogP contribution in [0.15, 0.2) is 83.9 Å². The van der Waals surface area contributed by atoms with Crippen molar-refractivity contribution in [2.24, 2.45) is 0 Å². The Morgan fingerprint density at radius 1 is 1.00 bits per heavy atom. The summed E-state index contributed by atoms with van der Waals surface area (Å²) in [4.78, 5) is 19.6. The van der Waals surface area contributed by atoms with Crippen LogP contribution in [-0.2, 0) is 10.0 Å². The van der Waals surface area contributed by atoms with Crippen molar-refractivity contribution in [1.82, 2.24) is 14.6 Å². The van der Waals surface area contributed by atoms with Crippen molar-refractivity contribution >= 4 is 15.9 Å². The van der Waals surface area contributed by atoms with Gasteiger partial charge in [-0.15, -0.1) is 0 Å². The number of carbonyl (C=O) groups excluding carboxylic acids is 1. The number of benzene rings is 2. The third kappa shape index (κ3) is 4.89. The summed E-state index contributed by atoms with van der Waals surface area (Å²) in [5, 5.41) is 0. The van der Waals surface area contributed by atoms with Crippen LogP contribution in [0.3, 0.4) is 0 Å². The molecule has 2 aromatic carbocycles. The fraction of sp³-hybridized carbons (Fsp3) is 0.280. The quantitative estimate of drug-likeness (QED) is 0.587. The maximum atomic E-state index is 13.4. The molecule has 1 unspecified atom stereocenters. The van der Waals surface area contributed by atoms with Crippen LogP contribution in [0.4, 0.5) is 0 Å². The predicted molar refractivity (Wildman–Crippen MR) is 124 cm³/mol. The number of nitrogens with zero attached hydrogens (tertiary/aromatic N) is 2. The van der Waals surface area contributed by atoms with E-state index in [9.17, 15) is 13.2 Å². The topological polar surface area (TPSA) is 79.4 Å². The zero-order valence-electron chi connectivity index (χ0n) is 18.0. The molecule has 4 rings (SSSR count). The van der Waals surface area contributed by atoms with E-state index < -0.39 is 16.1 Å². The molecular weight excluding hydrogens is 422 g/mol. The lowest BCUT2D eigenvalue weighted by Gasteiger charge is -2.28. The Morgan fingerprint density at radius 3 is 2.41 bits per heavy atom. The molecule has 6 nitrogen and oxygen atoms in total. The summed E-state index contributed by atoms with van der Waals surface area (Å²) in [6.45, 7) is 0. The molecule has 32 heavy (non-hydrogen) atoms. The Kier molecular flexibility index (Phi) is 6.67. The van der Waals surface area contributed by atoms with Crippen LogP contribution >= 0.6 is 0 Å². The van der Waals surface area contributed by atoms with Gasteiger partial charge in [-0.1, -0.05) is 55.3 Å². The SMILES string of the molecule is CN(C(=O)c1cccc(S(=O)(=O)NC2CCCC2)c1)C(c1ccccc1)c1ccccn1. The van der Waals surface area contributed by atoms with Gasteiger partial charge in [0, 0.05) is 24.8 Å². The maximum absolute atomic E-state index is 13.4. The molecule has 1 aliphatic carbocycles. The third-order valence-electron chi connectivity index (χ3n) is 5.86. The Hall–Kier alpha value is -3.03. The lowest BCUT2D eigenvalue weighted by molar-refractivity contribution is 0.0752. The van der Waals surface area contributed by atoms with Crippen molar-refractivity contribution in [1.29, 1.82) is 0 Å². The first kappa shape index (κ1) is 22.2. The minimum atomic E-state index is -3.68. The van der Waals surface area contributed by atoms with Crippen molar-refractivity contribution in [2.45, 2.75) is 42.7 Å². The highest BCUT2D eigenvalue weighted by Gasteiger charge is 2.27. The Labute approximate surface area is 189 Å². The maximum Gasteiger partial charge on any atom is 0.254 e. The number of nitrogens with one attached hydrogen (secondary N) is 1. The average molecular weight is 450 g/mol. The van der Waals surface area contributed by atoms with Gasteiger partial charge in [-0.05, 0) is 48.7 Å². The molecule has 0 radical (unpaired) electrons. The van der Waals surface area contributed by atoms with E-state index in [2.05, 4.69) is 9.71 Å². The summed E-state index contributed by atoms with van der Waals surface area (Å²) < 4.78 is 28.5. The number of hydrogen-bond donors (Lipinski definition) is 1. The van der Waals surface area contributed by atoms with Gasteiger partial charge < -0.3 is 4.90 Å². The van der Waals surface area contributed by atoms with Crippen LogP contribution in [0.25, 0.3) is 0 Å². The third-order valence-corrected chi connectivity index (χ3v) is 7.38. The van der Waals surface area contributed by atoms with Gasteiger partial charge in [0.05, 0.1) is 16.6 Å². The smallest absolute Gasteiger partial charge is 0.254 e. The molecule has 1 fully saturated rings. The van der Waals surface area contributed by atoms with Gasteiger partial charge in [-0.3, -0.25) is 9.78 Å². The van der Waals surface area contributed by atoms with Crippen LogP contribution in [0.2, 0.25) is 0 Å². The van der Waals surface area contributed by atoms with Gasteiger partial charge in [-0.25, -0.2) is 13.1 Å². The van der Waals surface area contributed by atoms with Crippen LogP contribution in [0, 0.1) is 0 Å². The second kappa shape index (κ2) is 9.63. The van der Waals surface area contributed by atoms with Gasteiger partial charge in [0.25, 0.3) is 5.91 Å². The zero-order chi connectivity index (χ0) is 22.6. The number of aromatic nitrogens is 1. The Balaban J connectivity index is 1.63. The minimum Gasteiger partial charge on any atom is -0.329 e. The molecule has 1 heterocycles. The molecular formula is C25H27N3O3S. The highest BCUT2D eigenvalue weighted by Crippen LogP contribution is 2.28. The normalized spacial score (nSPS) is 15.4. The van der Waals surface area contributed by atoms with Gasteiger partial charge in [-0.2, -0.15) is 0 Å². The summed E-state index contributed by atoms with van der Waals surface area (Å²) in [5.74, 6) is -0.276. The summed E-state index contributed by atoms with van der Waals surface area (Å²) in [5.41, 5.74) is 1.98. The number of amides is 1. The molecule has 166 valence electrons. The molecule has 0 aliphatic heterocycles. The van der Waals surface area contributed by atoms with E-state index in [0.29, 0.717) is 5.56 Å². The number of rotatable bonds is 7. The van der Waals surface area contributed by atoms with Gasteiger partial charge in [0.2, 0.25) is 10.0 Å². The fourth-order valence-corrected chi connectivity index (χ4v) is 5.56. The second-order valence-electron chi connectivity index (χ2n) is 8.11. The van der Waals surface area contributed by atoms with Gasteiger partial charge in [0.1, 0.15) is 0 Å². The molecule has 1 N–H and O–H groups in total. The van der Waals surface area contributed by atoms with Gasteiger partial charge in [0.15, 0.2) is 0 Å². The summed E-state index contributed by atoms with van der Waals surface area (Å²) in [6.07, 6.45) is 5.47. The minimum absolute atomic E-state index is 0.0337. The molecule has 7 heteroatoms. The van der Waals surface area contributed by atoms with E-state index in [0.717, 1.165) is 36.9 Å².